The Morgan fingerprint density at radius 1 is 1.16 bits per heavy atom. The highest BCUT2D eigenvalue weighted by Gasteiger charge is 2.28. The Morgan fingerprint density at radius 3 is 2.71 bits per heavy atom. The quantitative estimate of drug-likeness (QED) is 0.580. The maximum absolute atomic E-state index is 12.6. The summed E-state index contributed by atoms with van der Waals surface area (Å²) in [5.41, 5.74) is 1.76. The predicted molar refractivity (Wildman–Crippen MR) is 121 cm³/mol. The SMILES string of the molecule is COc1ccccc1OCC(O)CN1CCCC(C(C)n2c(=O)[nH]c3ccccc32)C1. The number of aliphatic hydroxyl groups excluding tert-OH is 1. The summed E-state index contributed by atoms with van der Waals surface area (Å²) < 4.78 is 13.0. The number of aliphatic hydroxyl groups is 1. The molecule has 1 aliphatic heterocycles. The van der Waals surface area contributed by atoms with Crippen LogP contribution in [0.5, 0.6) is 11.5 Å². The Morgan fingerprint density at radius 2 is 1.90 bits per heavy atom. The van der Waals surface area contributed by atoms with E-state index in [2.05, 4.69) is 16.8 Å². The van der Waals surface area contributed by atoms with Gasteiger partial charge in [0.15, 0.2) is 11.5 Å². The van der Waals surface area contributed by atoms with Gasteiger partial charge in [-0.15, -0.1) is 0 Å². The van der Waals surface area contributed by atoms with Gasteiger partial charge in [-0.2, -0.15) is 0 Å². The van der Waals surface area contributed by atoms with Crippen molar-refractivity contribution in [2.45, 2.75) is 31.9 Å². The van der Waals surface area contributed by atoms with E-state index >= 15 is 0 Å². The Balaban J connectivity index is 1.37. The summed E-state index contributed by atoms with van der Waals surface area (Å²) in [6.45, 7) is 4.66. The lowest BCUT2D eigenvalue weighted by atomic mass is 9.91. The number of imidazole rings is 1. The van der Waals surface area contributed by atoms with Gasteiger partial charge in [0.1, 0.15) is 12.7 Å². The number of likely N-dealkylation sites (tertiary alicyclic amines) is 1. The van der Waals surface area contributed by atoms with E-state index in [1.807, 2.05) is 53.1 Å². The third kappa shape index (κ3) is 4.78. The van der Waals surface area contributed by atoms with Crippen molar-refractivity contribution >= 4 is 11.0 Å². The summed E-state index contributed by atoms with van der Waals surface area (Å²) in [5.74, 6) is 1.63. The standard InChI is InChI=1S/C24H31N3O4/c1-17(27-21-10-4-3-9-20(21)25-24(27)29)18-8-7-13-26(14-18)15-19(28)16-31-23-12-6-5-11-22(23)30-2/h3-6,9-12,17-19,28H,7-8,13-16H2,1-2H3,(H,25,29). The second kappa shape index (κ2) is 9.58. The molecule has 0 amide bonds. The normalized spacial score (nSPS) is 19.3. The van der Waals surface area contributed by atoms with Crippen LogP contribution in [0.1, 0.15) is 25.8 Å². The van der Waals surface area contributed by atoms with E-state index < -0.39 is 6.10 Å². The molecule has 2 N–H and O–H groups in total. The number of methoxy groups -OCH3 is 1. The maximum atomic E-state index is 12.6. The molecule has 1 fully saturated rings. The lowest BCUT2D eigenvalue weighted by Crippen LogP contribution is -2.44. The van der Waals surface area contributed by atoms with E-state index in [0.29, 0.717) is 24.0 Å². The molecule has 7 nitrogen and oxygen atoms in total. The van der Waals surface area contributed by atoms with E-state index in [1.165, 1.54) is 0 Å². The molecule has 1 aromatic heterocycles. The topological polar surface area (TPSA) is 79.7 Å². The van der Waals surface area contributed by atoms with Crippen LogP contribution < -0.4 is 15.2 Å². The molecule has 31 heavy (non-hydrogen) atoms. The Bertz CT molecular complexity index is 1060. The molecule has 2 aromatic carbocycles. The number of aromatic nitrogens is 2. The molecule has 1 aliphatic rings. The molecule has 0 aliphatic carbocycles. The van der Waals surface area contributed by atoms with Crippen LogP contribution in [0.15, 0.2) is 53.3 Å². The van der Waals surface area contributed by atoms with Crippen molar-refractivity contribution in [3.8, 4) is 11.5 Å². The molecule has 0 bridgehead atoms. The molecule has 3 aromatic rings. The number of β-amino-alcohol motifs (C(OH)–C–C–N with tert-alkyl or cyclic N) is 1. The van der Waals surface area contributed by atoms with E-state index in [0.717, 1.165) is 37.0 Å². The molecular weight excluding hydrogens is 394 g/mol. The second-order valence-corrected chi connectivity index (χ2v) is 8.34. The van der Waals surface area contributed by atoms with Crippen molar-refractivity contribution < 1.29 is 14.6 Å². The lowest BCUT2D eigenvalue weighted by Gasteiger charge is -2.37. The molecule has 3 atom stereocenters. The summed E-state index contributed by atoms with van der Waals surface area (Å²) in [6.07, 6.45) is 1.51. The van der Waals surface area contributed by atoms with Gasteiger partial charge < -0.3 is 24.5 Å². The molecule has 4 rings (SSSR count). The number of ether oxygens (including phenoxy) is 2. The number of fused-ring (bicyclic) bond motifs is 1. The van der Waals surface area contributed by atoms with E-state index in [4.69, 9.17) is 9.47 Å². The number of hydrogen-bond donors (Lipinski definition) is 2. The van der Waals surface area contributed by atoms with E-state index in [9.17, 15) is 9.90 Å². The first-order valence-corrected chi connectivity index (χ1v) is 10.9. The number of para-hydroxylation sites is 4. The van der Waals surface area contributed by atoms with E-state index in [-0.39, 0.29) is 18.3 Å². The monoisotopic (exact) mass is 425 g/mol. The van der Waals surface area contributed by atoms with Crippen molar-refractivity contribution in [2.24, 2.45) is 5.92 Å². The van der Waals surface area contributed by atoms with Crippen LogP contribution in [0, 0.1) is 5.92 Å². The second-order valence-electron chi connectivity index (χ2n) is 8.34. The molecule has 0 saturated carbocycles. The van der Waals surface area contributed by atoms with Gasteiger partial charge in [-0.05, 0) is 56.5 Å². The van der Waals surface area contributed by atoms with E-state index in [1.54, 1.807) is 7.11 Å². The summed E-state index contributed by atoms with van der Waals surface area (Å²) in [5, 5.41) is 10.6. The minimum absolute atomic E-state index is 0.0592. The minimum Gasteiger partial charge on any atom is -0.493 e. The first kappa shape index (κ1) is 21.5. The number of piperidine rings is 1. The van der Waals surface area contributed by atoms with Crippen LogP contribution in [-0.4, -0.2) is 59.0 Å². The number of benzene rings is 2. The summed E-state index contributed by atoms with van der Waals surface area (Å²) in [4.78, 5) is 17.8. The summed E-state index contributed by atoms with van der Waals surface area (Å²) in [6, 6.07) is 15.3. The van der Waals surface area contributed by atoms with Crippen LogP contribution >= 0.6 is 0 Å². The molecular formula is C24H31N3O4. The zero-order valence-electron chi connectivity index (χ0n) is 18.2. The fraction of sp³-hybridized carbons (Fsp3) is 0.458. The van der Waals surface area contributed by atoms with Gasteiger partial charge in [-0.3, -0.25) is 4.57 Å². The molecule has 166 valence electrons. The summed E-state index contributed by atoms with van der Waals surface area (Å²) in [7, 11) is 1.60. The highest BCUT2D eigenvalue weighted by atomic mass is 16.5. The van der Waals surface area contributed by atoms with Crippen molar-refractivity contribution in [1.29, 1.82) is 0 Å². The van der Waals surface area contributed by atoms with Gasteiger partial charge in [-0.25, -0.2) is 4.79 Å². The largest absolute Gasteiger partial charge is 0.493 e. The highest BCUT2D eigenvalue weighted by Crippen LogP contribution is 2.29. The van der Waals surface area contributed by atoms with Crippen LogP contribution in [0.4, 0.5) is 0 Å². The fourth-order valence-corrected chi connectivity index (χ4v) is 4.62. The zero-order chi connectivity index (χ0) is 21.8. The predicted octanol–water partition coefficient (Wildman–Crippen LogP) is 3.05. The third-order valence-corrected chi connectivity index (χ3v) is 6.22. The lowest BCUT2D eigenvalue weighted by molar-refractivity contribution is 0.0452. The van der Waals surface area contributed by atoms with Gasteiger partial charge in [0.2, 0.25) is 0 Å². The Kier molecular flexibility index (Phi) is 6.63. The number of nitrogens with one attached hydrogen (secondary N) is 1. The van der Waals surface area contributed by atoms with Gasteiger partial charge in [0.05, 0.1) is 18.1 Å². The van der Waals surface area contributed by atoms with Crippen molar-refractivity contribution in [3.63, 3.8) is 0 Å². The number of nitrogens with zero attached hydrogens (tertiary/aromatic N) is 2. The van der Waals surface area contributed by atoms with Gasteiger partial charge in [0, 0.05) is 19.1 Å². The Hall–Kier alpha value is -2.77. The van der Waals surface area contributed by atoms with Crippen LogP contribution in [-0.2, 0) is 0 Å². The highest BCUT2D eigenvalue weighted by molar-refractivity contribution is 5.75. The van der Waals surface area contributed by atoms with Crippen molar-refractivity contribution in [3.05, 3.63) is 59.0 Å². The van der Waals surface area contributed by atoms with Crippen molar-refractivity contribution in [2.75, 3.05) is 33.4 Å². The number of aromatic amines is 1. The zero-order valence-corrected chi connectivity index (χ0v) is 18.2. The van der Waals surface area contributed by atoms with Crippen LogP contribution in [0.3, 0.4) is 0 Å². The molecule has 3 unspecified atom stereocenters. The van der Waals surface area contributed by atoms with Gasteiger partial charge in [-0.1, -0.05) is 24.3 Å². The minimum atomic E-state index is -0.602. The maximum Gasteiger partial charge on any atom is 0.326 e. The number of hydrogen-bond acceptors (Lipinski definition) is 5. The Labute approximate surface area is 182 Å². The number of H-pyrrole nitrogens is 1. The molecule has 1 saturated heterocycles. The van der Waals surface area contributed by atoms with Crippen LogP contribution in [0.25, 0.3) is 11.0 Å². The fourth-order valence-electron chi connectivity index (χ4n) is 4.62. The van der Waals surface area contributed by atoms with Crippen molar-refractivity contribution in [1.82, 2.24) is 14.5 Å². The van der Waals surface area contributed by atoms with Gasteiger partial charge in [0.25, 0.3) is 0 Å². The van der Waals surface area contributed by atoms with Gasteiger partial charge >= 0.3 is 5.69 Å². The van der Waals surface area contributed by atoms with Crippen LogP contribution in [0.2, 0.25) is 0 Å². The smallest absolute Gasteiger partial charge is 0.326 e. The molecule has 2 heterocycles. The molecule has 0 radical (unpaired) electrons. The third-order valence-electron chi connectivity index (χ3n) is 6.22. The molecule has 7 heteroatoms. The average molecular weight is 426 g/mol. The first-order chi connectivity index (χ1) is 15.1. The first-order valence-electron chi connectivity index (χ1n) is 10.9. The molecule has 0 spiro atoms. The average Bonchev–Trinajstić information content (AvgIpc) is 3.13. The summed E-state index contributed by atoms with van der Waals surface area (Å²) >= 11 is 0. The number of rotatable bonds is 8.